The second kappa shape index (κ2) is 6.02. The van der Waals surface area contributed by atoms with E-state index in [1.165, 1.54) is 35.6 Å². The van der Waals surface area contributed by atoms with E-state index in [-0.39, 0.29) is 11.6 Å². The molecule has 20 heavy (non-hydrogen) atoms. The van der Waals surface area contributed by atoms with E-state index in [1.54, 1.807) is 18.0 Å². The molecule has 0 radical (unpaired) electrons. The number of carbonyl (C=O) groups excluding carboxylic acids is 1. The summed E-state index contributed by atoms with van der Waals surface area (Å²) in [7, 11) is 1.68. The lowest BCUT2D eigenvalue weighted by Gasteiger charge is -2.16. The van der Waals surface area contributed by atoms with E-state index in [0.29, 0.717) is 16.4 Å². The molecule has 0 aliphatic rings. The van der Waals surface area contributed by atoms with Gasteiger partial charge < -0.3 is 4.90 Å². The molecule has 0 atom stereocenters. The minimum absolute atomic E-state index is 0.0331. The van der Waals surface area contributed by atoms with Gasteiger partial charge in [0.25, 0.3) is 11.6 Å². The van der Waals surface area contributed by atoms with Crippen LogP contribution in [0.5, 0.6) is 0 Å². The second-order valence-corrected chi connectivity index (χ2v) is 5.97. The minimum atomic E-state index is -0.494. The number of hydrogen-bond acceptors (Lipinski definition) is 4. The van der Waals surface area contributed by atoms with Crippen LogP contribution in [-0.4, -0.2) is 22.8 Å². The van der Waals surface area contributed by atoms with Crippen LogP contribution in [-0.2, 0) is 6.54 Å². The maximum absolute atomic E-state index is 12.2. The van der Waals surface area contributed by atoms with E-state index >= 15 is 0 Å². The van der Waals surface area contributed by atoms with Gasteiger partial charge in [0, 0.05) is 29.6 Å². The van der Waals surface area contributed by atoms with Gasteiger partial charge in [-0.1, -0.05) is 11.6 Å². The highest BCUT2D eigenvalue weighted by Gasteiger charge is 2.14. The fraction of sp³-hybridized carbons (Fsp3) is 0.154. The van der Waals surface area contributed by atoms with Gasteiger partial charge in [-0.15, -0.1) is 11.3 Å². The molecule has 104 valence electrons. The maximum Gasteiger partial charge on any atom is 0.269 e. The first kappa shape index (κ1) is 14.5. The van der Waals surface area contributed by atoms with Crippen molar-refractivity contribution in [3.05, 3.63) is 61.3 Å². The van der Waals surface area contributed by atoms with Crippen LogP contribution in [0.15, 0.2) is 36.4 Å². The summed E-state index contributed by atoms with van der Waals surface area (Å²) in [6.45, 7) is 0.452. The SMILES string of the molecule is CN(Cc1ccc(Cl)s1)C(=O)c1ccc([N+](=O)[O-])cc1. The van der Waals surface area contributed by atoms with Crippen LogP contribution < -0.4 is 0 Å². The van der Waals surface area contributed by atoms with E-state index in [9.17, 15) is 14.9 Å². The van der Waals surface area contributed by atoms with Crippen LogP contribution in [0.3, 0.4) is 0 Å². The van der Waals surface area contributed by atoms with Gasteiger partial charge in [0.15, 0.2) is 0 Å². The normalized spacial score (nSPS) is 10.3. The number of nitro benzene ring substituents is 1. The zero-order valence-corrected chi connectivity index (χ0v) is 12.1. The van der Waals surface area contributed by atoms with Gasteiger partial charge in [-0.2, -0.15) is 0 Å². The number of rotatable bonds is 4. The largest absolute Gasteiger partial charge is 0.337 e. The zero-order valence-electron chi connectivity index (χ0n) is 10.6. The lowest BCUT2D eigenvalue weighted by atomic mass is 10.2. The molecule has 1 aromatic heterocycles. The van der Waals surface area contributed by atoms with Crippen LogP contribution in [0.4, 0.5) is 5.69 Å². The van der Waals surface area contributed by atoms with E-state index in [2.05, 4.69) is 0 Å². The van der Waals surface area contributed by atoms with Gasteiger partial charge in [0.2, 0.25) is 0 Å². The predicted molar refractivity (Wildman–Crippen MR) is 78.2 cm³/mol. The molecule has 5 nitrogen and oxygen atoms in total. The van der Waals surface area contributed by atoms with Gasteiger partial charge >= 0.3 is 0 Å². The number of nitro groups is 1. The average molecular weight is 311 g/mol. The van der Waals surface area contributed by atoms with Crippen molar-refractivity contribution in [2.24, 2.45) is 0 Å². The average Bonchev–Trinajstić information content (AvgIpc) is 2.83. The van der Waals surface area contributed by atoms with E-state index in [0.717, 1.165) is 4.88 Å². The number of non-ortho nitro benzene ring substituents is 1. The quantitative estimate of drug-likeness (QED) is 0.640. The van der Waals surface area contributed by atoms with Gasteiger partial charge in [0.1, 0.15) is 0 Å². The van der Waals surface area contributed by atoms with Crippen LogP contribution in [0.1, 0.15) is 15.2 Å². The number of halogens is 1. The zero-order chi connectivity index (χ0) is 14.7. The molecule has 0 saturated carbocycles. The molecule has 2 aromatic rings. The first-order valence-electron chi connectivity index (χ1n) is 5.71. The molecule has 0 aliphatic heterocycles. The van der Waals surface area contributed by atoms with Gasteiger partial charge in [-0.25, -0.2) is 0 Å². The van der Waals surface area contributed by atoms with E-state index < -0.39 is 4.92 Å². The molecule has 0 unspecified atom stereocenters. The molecule has 0 N–H and O–H groups in total. The van der Waals surface area contributed by atoms with E-state index in [1.807, 2.05) is 6.07 Å². The third kappa shape index (κ3) is 3.34. The van der Waals surface area contributed by atoms with Crippen molar-refractivity contribution >= 4 is 34.5 Å². The first-order chi connectivity index (χ1) is 9.47. The molecule has 0 fully saturated rings. The Morgan fingerprint density at radius 3 is 2.45 bits per heavy atom. The molecule has 7 heteroatoms. The lowest BCUT2D eigenvalue weighted by molar-refractivity contribution is -0.384. The Balaban J connectivity index is 2.08. The molecule has 0 bridgehead atoms. The summed E-state index contributed by atoms with van der Waals surface area (Å²) in [5.74, 6) is -0.190. The molecule has 0 spiro atoms. The summed E-state index contributed by atoms with van der Waals surface area (Å²) in [5.41, 5.74) is 0.384. The standard InChI is InChI=1S/C13H11ClN2O3S/c1-15(8-11-6-7-12(14)20-11)13(17)9-2-4-10(5-3-9)16(18)19/h2-7H,8H2,1H3. The van der Waals surface area contributed by atoms with Gasteiger partial charge in [-0.05, 0) is 24.3 Å². The topological polar surface area (TPSA) is 63.5 Å². The van der Waals surface area contributed by atoms with Crippen LogP contribution in [0, 0.1) is 10.1 Å². The first-order valence-corrected chi connectivity index (χ1v) is 6.91. The Kier molecular flexibility index (Phi) is 4.36. The highest BCUT2D eigenvalue weighted by atomic mass is 35.5. The summed E-state index contributed by atoms with van der Waals surface area (Å²) in [4.78, 5) is 24.8. The van der Waals surface area contributed by atoms with Crippen molar-refractivity contribution in [3.63, 3.8) is 0 Å². The predicted octanol–water partition coefficient (Wildman–Crippen LogP) is 3.58. The summed E-state index contributed by atoms with van der Waals surface area (Å²) in [5, 5.41) is 10.6. The molecular weight excluding hydrogens is 300 g/mol. The Bertz CT molecular complexity index is 639. The summed E-state index contributed by atoms with van der Waals surface area (Å²) in [6, 6.07) is 9.21. The molecule has 2 rings (SSSR count). The fourth-order valence-corrected chi connectivity index (χ4v) is 2.83. The molecular formula is C13H11ClN2O3S. The van der Waals surface area contributed by atoms with Crippen LogP contribution in [0.2, 0.25) is 4.34 Å². The Labute approximate surface area is 124 Å². The van der Waals surface area contributed by atoms with Gasteiger partial charge in [-0.3, -0.25) is 14.9 Å². The molecule has 1 amide bonds. The van der Waals surface area contributed by atoms with Crippen molar-refractivity contribution in [1.29, 1.82) is 0 Å². The fourth-order valence-electron chi connectivity index (χ4n) is 1.69. The Hall–Kier alpha value is -1.92. The van der Waals surface area contributed by atoms with Gasteiger partial charge in [0.05, 0.1) is 15.8 Å². The number of benzene rings is 1. The summed E-state index contributed by atoms with van der Waals surface area (Å²) >= 11 is 7.26. The number of nitrogens with zero attached hydrogens (tertiary/aromatic N) is 2. The number of thiophene rings is 1. The molecule has 1 heterocycles. The van der Waals surface area contributed by atoms with Crippen molar-refractivity contribution in [2.45, 2.75) is 6.54 Å². The van der Waals surface area contributed by atoms with Crippen molar-refractivity contribution in [2.75, 3.05) is 7.05 Å². The highest BCUT2D eigenvalue weighted by Crippen LogP contribution is 2.23. The molecule has 0 saturated heterocycles. The number of carbonyl (C=O) groups is 1. The van der Waals surface area contributed by atoms with Crippen molar-refractivity contribution in [1.82, 2.24) is 4.90 Å². The smallest absolute Gasteiger partial charge is 0.269 e. The summed E-state index contributed by atoms with van der Waals surface area (Å²) in [6.07, 6.45) is 0. The molecule has 1 aromatic carbocycles. The lowest BCUT2D eigenvalue weighted by Crippen LogP contribution is -2.25. The van der Waals surface area contributed by atoms with Crippen LogP contribution >= 0.6 is 22.9 Å². The Morgan fingerprint density at radius 2 is 1.95 bits per heavy atom. The highest BCUT2D eigenvalue weighted by molar-refractivity contribution is 7.16. The third-order valence-electron chi connectivity index (χ3n) is 2.69. The maximum atomic E-state index is 12.2. The van der Waals surface area contributed by atoms with Crippen molar-refractivity contribution < 1.29 is 9.72 Å². The van der Waals surface area contributed by atoms with Crippen molar-refractivity contribution in [3.8, 4) is 0 Å². The Morgan fingerprint density at radius 1 is 1.30 bits per heavy atom. The second-order valence-electron chi connectivity index (χ2n) is 4.17. The van der Waals surface area contributed by atoms with E-state index in [4.69, 9.17) is 11.6 Å². The number of hydrogen-bond donors (Lipinski definition) is 0. The minimum Gasteiger partial charge on any atom is -0.337 e. The molecule has 0 aliphatic carbocycles. The monoisotopic (exact) mass is 310 g/mol. The van der Waals surface area contributed by atoms with Crippen LogP contribution in [0.25, 0.3) is 0 Å². The number of amides is 1. The third-order valence-corrected chi connectivity index (χ3v) is 3.91. The summed E-state index contributed by atoms with van der Waals surface area (Å²) < 4.78 is 0.677.